The van der Waals surface area contributed by atoms with Gasteiger partial charge in [0.15, 0.2) is 5.76 Å². The van der Waals surface area contributed by atoms with Crippen LogP contribution in [0.4, 0.5) is 5.69 Å². The molecule has 4 rings (SSSR count). The Hall–Kier alpha value is -3.37. The predicted molar refractivity (Wildman–Crippen MR) is 115 cm³/mol. The third-order valence-electron chi connectivity index (χ3n) is 4.82. The molecule has 144 valence electrons. The van der Waals surface area contributed by atoms with Gasteiger partial charge in [-0.25, -0.2) is 0 Å². The molecule has 4 aromatic rings. The van der Waals surface area contributed by atoms with Gasteiger partial charge in [0.05, 0.1) is 0 Å². The SMILES string of the molecule is Cc1ccc(C(=O)Nc2ccc3oc(C(=O)c4ccc(Cl)cc4)c(C)c3c2)cc1. The van der Waals surface area contributed by atoms with E-state index in [0.717, 1.165) is 16.5 Å². The Kier molecular flexibility index (Phi) is 4.95. The number of carbonyl (C=O) groups excluding carboxylic acids is 2. The molecule has 1 heterocycles. The first-order chi connectivity index (χ1) is 13.9. The number of amides is 1. The van der Waals surface area contributed by atoms with E-state index in [2.05, 4.69) is 5.32 Å². The Morgan fingerprint density at radius 1 is 0.862 bits per heavy atom. The smallest absolute Gasteiger partial charge is 0.255 e. The molecule has 1 amide bonds. The number of rotatable bonds is 4. The van der Waals surface area contributed by atoms with Crippen molar-refractivity contribution in [3.8, 4) is 0 Å². The Morgan fingerprint density at radius 3 is 2.21 bits per heavy atom. The molecule has 0 radical (unpaired) electrons. The Labute approximate surface area is 173 Å². The number of furan rings is 1. The summed E-state index contributed by atoms with van der Waals surface area (Å²) >= 11 is 5.90. The standard InChI is InChI=1S/C24H18ClNO3/c1-14-3-5-17(6-4-14)24(28)26-19-11-12-21-20(13-19)15(2)23(29-21)22(27)16-7-9-18(25)10-8-16/h3-13H,1-2H3,(H,26,28). The lowest BCUT2D eigenvalue weighted by molar-refractivity contribution is 0.101. The molecule has 0 aliphatic carbocycles. The lowest BCUT2D eigenvalue weighted by atomic mass is 10.0. The number of anilines is 1. The first-order valence-corrected chi connectivity index (χ1v) is 9.51. The molecule has 0 aliphatic heterocycles. The monoisotopic (exact) mass is 403 g/mol. The Balaban J connectivity index is 1.63. The number of hydrogen-bond acceptors (Lipinski definition) is 3. The van der Waals surface area contributed by atoms with Crippen LogP contribution in [0.1, 0.15) is 37.6 Å². The minimum atomic E-state index is -0.208. The Bertz CT molecular complexity index is 1220. The maximum Gasteiger partial charge on any atom is 0.255 e. The molecular formula is C24H18ClNO3. The first-order valence-electron chi connectivity index (χ1n) is 9.14. The van der Waals surface area contributed by atoms with E-state index in [9.17, 15) is 9.59 Å². The average Bonchev–Trinajstić information content (AvgIpc) is 3.05. The van der Waals surface area contributed by atoms with Crippen molar-refractivity contribution in [1.82, 2.24) is 0 Å². The largest absolute Gasteiger partial charge is 0.452 e. The molecule has 0 saturated heterocycles. The van der Waals surface area contributed by atoms with Crippen molar-refractivity contribution in [2.24, 2.45) is 0 Å². The van der Waals surface area contributed by atoms with Gasteiger partial charge < -0.3 is 9.73 Å². The zero-order valence-electron chi connectivity index (χ0n) is 16.0. The fourth-order valence-corrected chi connectivity index (χ4v) is 3.28. The minimum Gasteiger partial charge on any atom is -0.452 e. The highest BCUT2D eigenvalue weighted by Crippen LogP contribution is 2.30. The van der Waals surface area contributed by atoms with Crippen molar-refractivity contribution in [3.63, 3.8) is 0 Å². The Morgan fingerprint density at radius 2 is 1.52 bits per heavy atom. The van der Waals surface area contributed by atoms with Gasteiger partial charge in [-0.3, -0.25) is 9.59 Å². The fraction of sp³-hybridized carbons (Fsp3) is 0.0833. The van der Waals surface area contributed by atoms with Gasteiger partial charge in [0.25, 0.3) is 5.91 Å². The maximum absolute atomic E-state index is 12.8. The highest BCUT2D eigenvalue weighted by atomic mass is 35.5. The van der Waals surface area contributed by atoms with Gasteiger partial charge in [0, 0.05) is 32.8 Å². The summed E-state index contributed by atoms with van der Waals surface area (Å²) in [7, 11) is 0. The van der Waals surface area contributed by atoms with Crippen LogP contribution in [-0.2, 0) is 0 Å². The lowest BCUT2D eigenvalue weighted by Crippen LogP contribution is -2.11. The van der Waals surface area contributed by atoms with Crippen molar-refractivity contribution >= 4 is 39.9 Å². The molecule has 0 spiro atoms. The quantitative estimate of drug-likeness (QED) is 0.413. The summed E-state index contributed by atoms with van der Waals surface area (Å²) in [5, 5.41) is 4.24. The molecule has 4 nitrogen and oxygen atoms in total. The highest BCUT2D eigenvalue weighted by Gasteiger charge is 2.19. The number of carbonyl (C=O) groups is 2. The molecular weight excluding hydrogens is 386 g/mol. The van der Waals surface area contributed by atoms with Gasteiger partial charge in [-0.15, -0.1) is 0 Å². The van der Waals surface area contributed by atoms with Crippen LogP contribution in [0.5, 0.6) is 0 Å². The van der Waals surface area contributed by atoms with Gasteiger partial charge >= 0.3 is 0 Å². The highest BCUT2D eigenvalue weighted by molar-refractivity contribution is 6.30. The number of ketones is 1. The van der Waals surface area contributed by atoms with E-state index >= 15 is 0 Å². The van der Waals surface area contributed by atoms with Crippen LogP contribution >= 0.6 is 11.6 Å². The number of nitrogens with one attached hydrogen (secondary N) is 1. The van der Waals surface area contributed by atoms with Gasteiger partial charge in [-0.2, -0.15) is 0 Å². The summed E-state index contributed by atoms with van der Waals surface area (Å²) in [5.41, 5.74) is 4.13. The second-order valence-electron chi connectivity index (χ2n) is 6.92. The van der Waals surface area contributed by atoms with Crippen molar-refractivity contribution < 1.29 is 14.0 Å². The van der Waals surface area contributed by atoms with E-state index in [0.29, 0.717) is 27.4 Å². The minimum absolute atomic E-state index is 0.192. The third kappa shape index (κ3) is 3.80. The van der Waals surface area contributed by atoms with Crippen LogP contribution in [0.2, 0.25) is 5.02 Å². The molecule has 3 aromatic carbocycles. The van der Waals surface area contributed by atoms with Crippen LogP contribution in [-0.4, -0.2) is 11.7 Å². The zero-order valence-corrected chi connectivity index (χ0v) is 16.7. The van der Waals surface area contributed by atoms with Crippen LogP contribution in [0.25, 0.3) is 11.0 Å². The molecule has 5 heteroatoms. The summed E-state index contributed by atoms with van der Waals surface area (Å²) in [6, 6.07) is 19.4. The molecule has 1 N–H and O–H groups in total. The van der Waals surface area contributed by atoms with E-state index in [4.69, 9.17) is 16.0 Å². The molecule has 0 bridgehead atoms. The third-order valence-corrected chi connectivity index (χ3v) is 5.07. The number of aryl methyl sites for hydroxylation is 2. The van der Waals surface area contributed by atoms with E-state index in [1.807, 2.05) is 32.0 Å². The summed E-state index contributed by atoms with van der Waals surface area (Å²) in [5.74, 6) is -0.118. The summed E-state index contributed by atoms with van der Waals surface area (Å²) < 4.78 is 5.81. The van der Waals surface area contributed by atoms with E-state index < -0.39 is 0 Å². The number of halogens is 1. The first kappa shape index (κ1) is 19.0. The van der Waals surface area contributed by atoms with Gasteiger partial charge in [-0.1, -0.05) is 29.3 Å². The molecule has 0 fully saturated rings. The molecule has 0 unspecified atom stereocenters. The van der Waals surface area contributed by atoms with E-state index in [1.54, 1.807) is 48.5 Å². The number of benzene rings is 3. The maximum atomic E-state index is 12.8. The van der Waals surface area contributed by atoms with Crippen molar-refractivity contribution in [1.29, 1.82) is 0 Å². The predicted octanol–water partition coefficient (Wildman–Crippen LogP) is 6.19. The van der Waals surface area contributed by atoms with E-state index in [1.165, 1.54) is 0 Å². The van der Waals surface area contributed by atoms with Crippen LogP contribution < -0.4 is 5.32 Å². The van der Waals surface area contributed by atoms with Crippen LogP contribution in [0.15, 0.2) is 71.1 Å². The van der Waals surface area contributed by atoms with Crippen LogP contribution in [0.3, 0.4) is 0 Å². The molecule has 29 heavy (non-hydrogen) atoms. The molecule has 0 atom stereocenters. The van der Waals surface area contributed by atoms with Crippen molar-refractivity contribution in [2.45, 2.75) is 13.8 Å². The van der Waals surface area contributed by atoms with Gasteiger partial charge in [-0.05, 0) is 68.4 Å². The van der Waals surface area contributed by atoms with Crippen LogP contribution in [0, 0.1) is 13.8 Å². The van der Waals surface area contributed by atoms with Gasteiger partial charge in [0.2, 0.25) is 5.78 Å². The topological polar surface area (TPSA) is 59.3 Å². The second-order valence-corrected chi connectivity index (χ2v) is 7.36. The summed E-state index contributed by atoms with van der Waals surface area (Å²) in [6.07, 6.45) is 0. The number of hydrogen-bond donors (Lipinski definition) is 1. The van der Waals surface area contributed by atoms with Crippen molar-refractivity contribution in [3.05, 3.63) is 99.8 Å². The average molecular weight is 404 g/mol. The zero-order chi connectivity index (χ0) is 20.5. The lowest BCUT2D eigenvalue weighted by Gasteiger charge is -2.06. The molecule has 0 aliphatic rings. The number of fused-ring (bicyclic) bond motifs is 1. The van der Waals surface area contributed by atoms with Crippen molar-refractivity contribution in [2.75, 3.05) is 5.32 Å². The second kappa shape index (κ2) is 7.57. The van der Waals surface area contributed by atoms with Gasteiger partial charge in [0.1, 0.15) is 5.58 Å². The van der Waals surface area contributed by atoms with E-state index in [-0.39, 0.29) is 17.5 Å². The fourth-order valence-electron chi connectivity index (χ4n) is 3.16. The molecule has 0 saturated carbocycles. The summed E-state index contributed by atoms with van der Waals surface area (Å²) in [4.78, 5) is 25.3. The summed E-state index contributed by atoms with van der Waals surface area (Å²) in [6.45, 7) is 3.81. The molecule has 1 aromatic heterocycles. The normalized spacial score (nSPS) is 10.9.